The van der Waals surface area contributed by atoms with E-state index in [4.69, 9.17) is 0 Å². The molecule has 4 heterocycles. The monoisotopic (exact) mass is 342 g/mol. The van der Waals surface area contributed by atoms with Gasteiger partial charge >= 0.3 is 0 Å². The highest BCUT2D eigenvalue weighted by atomic mass is 32.1. The summed E-state index contributed by atoms with van der Waals surface area (Å²) >= 11 is 1.77. The molecule has 0 bridgehead atoms. The van der Waals surface area contributed by atoms with Crippen LogP contribution in [0.2, 0.25) is 0 Å². The molecule has 4 rings (SSSR count). The molecule has 0 unspecified atom stereocenters. The maximum absolute atomic E-state index is 12.5. The first kappa shape index (κ1) is 15.1. The number of carbonyl (C=O) groups is 1. The molecule has 0 saturated heterocycles. The first-order valence-corrected chi connectivity index (χ1v) is 8.73. The van der Waals surface area contributed by atoms with Gasteiger partial charge in [-0.05, 0) is 30.4 Å². The second-order valence-corrected chi connectivity index (χ2v) is 6.91. The lowest BCUT2D eigenvalue weighted by molar-refractivity contribution is -0.130. The predicted molar refractivity (Wildman–Crippen MR) is 93.0 cm³/mol. The Labute approximate surface area is 143 Å². The van der Waals surface area contributed by atoms with Crippen molar-refractivity contribution >= 4 is 34.1 Å². The van der Waals surface area contributed by atoms with Gasteiger partial charge in [-0.25, -0.2) is 9.97 Å². The highest BCUT2D eigenvalue weighted by Gasteiger charge is 2.21. The molecule has 0 aromatic carbocycles. The quantitative estimate of drug-likeness (QED) is 0.784. The fraction of sp³-hybridized carbons (Fsp3) is 0.375. The number of hydrogen-bond donors (Lipinski definition) is 1. The van der Waals surface area contributed by atoms with Crippen LogP contribution in [0.5, 0.6) is 0 Å². The second kappa shape index (κ2) is 5.86. The zero-order chi connectivity index (χ0) is 16.7. The van der Waals surface area contributed by atoms with Crippen molar-refractivity contribution in [3.8, 4) is 0 Å². The highest BCUT2D eigenvalue weighted by Crippen LogP contribution is 2.24. The van der Waals surface area contributed by atoms with E-state index in [1.165, 1.54) is 10.4 Å². The third-order valence-electron chi connectivity index (χ3n) is 4.27. The van der Waals surface area contributed by atoms with Gasteiger partial charge < -0.3 is 10.2 Å². The third kappa shape index (κ3) is 2.62. The largest absolute Gasteiger partial charge is 0.360 e. The van der Waals surface area contributed by atoms with Gasteiger partial charge in [0.15, 0.2) is 5.65 Å². The van der Waals surface area contributed by atoms with Crippen molar-refractivity contribution in [1.29, 1.82) is 0 Å². The number of thiophene rings is 1. The summed E-state index contributed by atoms with van der Waals surface area (Å²) in [5.74, 6) is 1.40. The second-order valence-electron chi connectivity index (χ2n) is 5.91. The molecule has 0 spiro atoms. The number of carbonyl (C=O) groups excluding carboxylic acids is 1. The molecule has 3 aromatic rings. The molecule has 3 aromatic heterocycles. The highest BCUT2D eigenvalue weighted by molar-refractivity contribution is 7.10. The van der Waals surface area contributed by atoms with Crippen molar-refractivity contribution in [3.63, 3.8) is 0 Å². The van der Waals surface area contributed by atoms with Gasteiger partial charge in [0, 0.05) is 25.0 Å². The van der Waals surface area contributed by atoms with Gasteiger partial charge in [0.25, 0.3) is 0 Å². The van der Waals surface area contributed by atoms with Gasteiger partial charge in [0.2, 0.25) is 5.91 Å². The SMILES string of the molecule is Cc1nc(NCC(=O)N2CCc3sccc3C2)c2cnn(C)c2n1. The number of aryl methyl sites for hydroxylation is 2. The molecule has 1 aliphatic rings. The maximum Gasteiger partial charge on any atom is 0.242 e. The van der Waals surface area contributed by atoms with Gasteiger partial charge in [0.1, 0.15) is 11.6 Å². The van der Waals surface area contributed by atoms with Crippen LogP contribution in [0.4, 0.5) is 5.82 Å². The summed E-state index contributed by atoms with van der Waals surface area (Å²) in [6, 6.07) is 2.11. The van der Waals surface area contributed by atoms with Crippen LogP contribution < -0.4 is 5.32 Å². The van der Waals surface area contributed by atoms with Crippen LogP contribution in [0.3, 0.4) is 0 Å². The number of fused-ring (bicyclic) bond motifs is 2. The zero-order valence-corrected chi connectivity index (χ0v) is 14.4. The van der Waals surface area contributed by atoms with Crippen LogP contribution >= 0.6 is 11.3 Å². The van der Waals surface area contributed by atoms with Crippen molar-refractivity contribution < 1.29 is 4.79 Å². The summed E-state index contributed by atoms with van der Waals surface area (Å²) in [6.45, 7) is 3.53. The van der Waals surface area contributed by atoms with Gasteiger partial charge in [-0.15, -0.1) is 11.3 Å². The molecule has 0 radical (unpaired) electrons. The number of nitrogens with one attached hydrogen (secondary N) is 1. The van der Waals surface area contributed by atoms with Crippen molar-refractivity contribution in [2.45, 2.75) is 19.9 Å². The van der Waals surface area contributed by atoms with E-state index < -0.39 is 0 Å². The van der Waals surface area contributed by atoms with E-state index in [0.717, 1.165) is 24.0 Å². The minimum Gasteiger partial charge on any atom is -0.360 e. The summed E-state index contributed by atoms with van der Waals surface area (Å²) in [6.07, 6.45) is 2.66. The molecule has 0 aliphatic carbocycles. The van der Waals surface area contributed by atoms with Crippen LogP contribution in [-0.2, 0) is 24.8 Å². The summed E-state index contributed by atoms with van der Waals surface area (Å²) in [5.41, 5.74) is 2.03. The molecule has 124 valence electrons. The average molecular weight is 342 g/mol. The average Bonchev–Trinajstić information content (AvgIpc) is 3.18. The van der Waals surface area contributed by atoms with E-state index >= 15 is 0 Å². The fourth-order valence-corrected chi connectivity index (χ4v) is 3.89. The van der Waals surface area contributed by atoms with E-state index in [2.05, 4.69) is 31.8 Å². The predicted octanol–water partition coefficient (Wildman–Crippen LogP) is 1.73. The Morgan fingerprint density at radius 2 is 2.29 bits per heavy atom. The van der Waals surface area contributed by atoms with E-state index in [1.807, 2.05) is 18.9 Å². The lowest BCUT2D eigenvalue weighted by Crippen LogP contribution is -2.38. The van der Waals surface area contributed by atoms with E-state index in [1.54, 1.807) is 22.2 Å². The molecule has 1 N–H and O–H groups in total. The number of amides is 1. The topological polar surface area (TPSA) is 75.9 Å². The number of aromatic nitrogens is 4. The molecule has 0 fully saturated rings. The molecular formula is C16H18N6OS. The lowest BCUT2D eigenvalue weighted by Gasteiger charge is -2.27. The fourth-order valence-electron chi connectivity index (χ4n) is 3.00. The van der Waals surface area contributed by atoms with Crippen LogP contribution in [0.1, 0.15) is 16.3 Å². The van der Waals surface area contributed by atoms with E-state index in [9.17, 15) is 4.79 Å². The molecule has 24 heavy (non-hydrogen) atoms. The van der Waals surface area contributed by atoms with Gasteiger partial charge in [-0.2, -0.15) is 5.10 Å². The van der Waals surface area contributed by atoms with Crippen molar-refractivity contribution in [2.24, 2.45) is 7.05 Å². The van der Waals surface area contributed by atoms with Crippen molar-refractivity contribution in [3.05, 3.63) is 33.9 Å². The number of rotatable bonds is 3. The Kier molecular flexibility index (Phi) is 3.68. The first-order valence-electron chi connectivity index (χ1n) is 7.85. The Bertz CT molecular complexity index is 915. The van der Waals surface area contributed by atoms with Crippen LogP contribution in [0.15, 0.2) is 17.6 Å². The molecule has 8 heteroatoms. The minimum atomic E-state index is 0.0835. The number of hydrogen-bond acceptors (Lipinski definition) is 6. The summed E-state index contributed by atoms with van der Waals surface area (Å²) < 4.78 is 1.71. The van der Waals surface area contributed by atoms with Crippen molar-refractivity contribution in [1.82, 2.24) is 24.6 Å². The number of anilines is 1. The van der Waals surface area contributed by atoms with Crippen LogP contribution in [0, 0.1) is 6.92 Å². The van der Waals surface area contributed by atoms with Gasteiger partial charge in [-0.1, -0.05) is 0 Å². The molecule has 0 saturated carbocycles. The molecular weight excluding hydrogens is 324 g/mol. The molecule has 1 amide bonds. The summed E-state index contributed by atoms with van der Waals surface area (Å²) in [5, 5.41) is 10.3. The smallest absolute Gasteiger partial charge is 0.242 e. The Hall–Kier alpha value is -2.48. The molecule has 7 nitrogen and oxygen atoms in total. The molecule has 1 aliphatic heterocycles. The van der Waals surface area contributed by atoms with Gasteiger partial charge in [-0.3, -0.25) is 9.48 Å². The first-order chi connectivity index (χ1) is 11.6. The van der Waals surface area contributed by atoms with Crippen molar-refractivity contribution in [2.75, 3.05) is 18.4 Å². The van der Waals surface area contributed by atoms with E-state index in [-0.39, 0.29) is 12.5 Å². The summed E-state index contributed by atoms with van der Waals surface area (Å²) in [4.78, 5) is 24.6. The van der Waals surface area contributed by atoms with Gasteiger partial charge in [0.05, 0.1) is 18.1 Å². The molecule has 0 atom stereocenters. The minimum absolute atomic E-state index is 0.0835. The number of nitrogens with zero attached hydrogens (tertiary/aromatic N) is 5. The summed E-state index contributed by atoms with van der Waals surface area (Å²) in [7, 11) is 1.84. The Morgan fingerprint density at radius 1 is 1.42 bits per heavy atom. The van der Waals surface area contributed by atoms with E-state index in [0.29, 0.717) is 18.2 Å². The lowest BCUT2D eigenvalue weighted by atomic mass is 10.1. The zero-order valence-electron chi connectivity index (χ0n) is 13.6. The Balaban J connectivity index is 1.48. The van der Waals surface area contributed by atoms with Crippen LogP contribution in [-0.4, -0.2) is 43.6 Å². The Morgan fingerprint density at radius 3 is 3.17 bits per heavy atom. The third-order valence-corrected chi connectivity index (χ3v) is 5.29. The normalized spacial score (nSPS) is 14.0. The van der Waals surface area contributed by atoms with Crippen LogP contribution in [0.25, 0.3) is 11.0 Å². The maximum atomic E-state index is 12.5. The standard InChI is InChI=1S/C16H18N6OS/c1-10-19-15(12-7-18-21(2)16(12)20-10)17-8-14(23)22-5-3-13-11(9-22)4-6-24-13/h4,6-7H,3,5,8-9H2,1-2H3,(H,17,19,20).